The standard InChI is InChI=1S/C18H24F4O4S/c1-4-5-10-16(23)17(19,18(20,21)22)15(13(3)26-16)11-27(24,25)14-8-6-12(2)7-9-14/h6-9,13,15,23H,4-5,10-11H2,1-3H3/t13-,15-,16+,17+/m0/s1. The Morgan fingerprint density at radius 1 is 1.22 bits per heavy atom. The molecule has 1 aromatic carbocycles. The molecule has 4 atom stereocenters. The summed E-state index contributed by atoms with van der Waals surface area (Å²) in [4.78, 5) is -0.200. The molecule has 154 valence electrons. The molecule has 1 saturated heterocycles. The lowest BCUT2D eigenvalue weighted by Gasteiger charge is -2.38. The van der Waals surface area contributed by atoms with E-state index in [1.165, 1.54) is 24.3 Å². The number of hydrogen-bond acceptors (Lipinski definition) is 4. The minimum absolute atomic E-state index is 0.0996. The SMILES string of the molecule is CCCC[C@@]1(O)O[C@@H](C)[C@H](CS(=O)(=O)c2ccc(C)cc2)[C@]1(F)C(F)(F)F. The molecule has 0 amide bonds. The first-order chi connectivity index (χ1) is 12.3. The topological polar surface area (TPSA) is 63.6 Å². The Hall–Kier alpha value is -1.19. The highest BCUT2D eigenvalue weighted by molar-refractivity contribution is 7.91. The summed E-state index contributed by atoms with van der Waals surface area (Å²) in [7, 11) is -4.23. The van der Waals surface area contributed by atoms with E-state index in [1.807, 2.05) is 0 Å². The van der Waals surface area contributed by atoms with Crippen molar-refractivity contribution in [3.8, 4) is 0 Å². The third-order valence-electron chi connectivity index (χ3n) is 5.09. The molecule has 0 spiro atoms. The zero-order valence-electron chi connectivity index (χ0n) is 15.4. The summed E-state index contributed by atoms with van der Waals surface area (Å²) < 4.78 is 86.8. The van der Waals surface area contributed by atoms with Gasteiger partial charge >= 0.3 is 6.18 Å². The molecule has 1 aliphatic rings. The lowest BCUT2D eigenvalue weighted by atomic mass is 9.81. The molecule has 0 aliphatic carbocycles. The van der Waals surface area contributed by atoms with Gasteiger partial charge in [0.05, 0.1) is 16.8 Å². The largest absolute Gasteiger partial charge is 0.428 e. The maximum absolute atomic E-state index is 15.5. The summed E-state index contributed by atoms with van der Waals surface area (Å²) in [6.07, 6.45) is -6.99. The number of hydrogen-bond donors (Lipinski definition) is 1. The maximum Gasteiger partial charge on any atom is 0.428 e. The Bertz CT molecular complexity index is 763. The first-order valence-corrected chi connectivity index (χ1v) is 10.4. The lowest BCUT2D eigenvalue weighted by molar-refractivity contribution is -0.336. The van der Waals surface area contributed by atoms with Crippen molar-refractivity contribution in [3.05, 3.63) is 29.8 Å². The van der Waals surface area contributed by atoms with Gasteiger partial charge in [-0.3, -0.25) is 0 Å². The van der Waals surface area contributed by atoms with Gasteiger partial charge in [0.15, 0.2) is 9.84 Å². The van der Waals surface area contributed by atoms with Gasteiger partial charge in [0.1, 0.15) is 0 Å². The highest BCUT2D eigenvalue weighted by Gasteiger charge is 2.77. The summed E-state index contributed by atoms with van der Waals surface area (Å²) >= 11 is 0. The van der Waals surface area contributed by atoms with E-state index in [-0.39, 0.29) is 11.3 Å². The third kappa shape index (κ3) is 3.86. The van der Waals surface area contributed by atoms with Crippen LogP contribution in [0, 0.1) is 12.8 Å². The summed E-state index contributed by atoms with van der Waals surface area (Å²) in [6.45, 7) is 4.56. The molecule has 1 fully saturated rings. The van der Waals surface area contributed by atoms with Gasteiger partial charge < -0.3 is 9.84 Å². The molecule has 4 nitrogen and oxygen atoms in total. The Morgan fingerprint density at radius 2 is 1.78 bits per heavy atom. The van der Waals surface area contributed by atoms with Gasteiger partial charge in [-0.2, -0.15) is 13.2 Å². The first-order valence-electron chi connectivity index (χ1n) is 8.74. The second-order valence-corrected chi connectivity index (χ2v) is 9.16. The Morgan fingerprint density at radius 3 is 2.26 bits per heavy atom. The number of rotatable bonds is 6. The average molecular weight is 412 g/mol. The third-order valence-corrected chi connectivity index (χ3v) is 6.88. The molecule has 0 aromatic heterocycles. The Balaban J connectivity index is 2.45. The molecule has 27 heavy (non-hydrogen) atoms. The highest BCUT2D eigenvalue weighted by Crippen LogP contribution is 2.56. The van der Waals surface area contributed by atoms with Crippen LogP contribution in [0.25, 0.3) is 0 Å². The van der Waals surface area contributed by atoms with Crippen LogP contribution in [0.4, 0.5) is 17.6 Å². The summed E-state index contributed by atoms with van der Waals surface area (Å²) in [5, 5.41) is 10.4. The summed E-state index contributed by atoms with van der Waals surface area (Å²) in [6, 6.07) is 5.54. The molecule has 0 unspecified atom stereocenters. The average Bonchev–Trinajstić information content (AvgIpc) is 2.74. The molecule has 1 heterocycles. The van der Waals surface area contributed by atoms with Crippen LogP contribution in [0.1, 0.15) is 38.7 Å². The molecule has 0 saturated carbocycles. The van der Waals surface area contributed by atoms with Crippen LogP contribution in [0.2, 0.25) is 0 Å². The van der Waals surface area contributed by atoms with Crippen molar-refractivity contribution < 1.29 is 35.8 Å². The van der Waals surface area contributed by atoms with Gasteiger partial charge in [-0.05, 0) is 32.4 Å². The second kappa shape index (κ2) is 7.33. The first kappa shape index (κ1) is 22.1. The van der Waals surface area contributed by atoms with E-state index >= 15 is 4.39 Å². The van der Waals surface area contributed by atoms with Gasteiger partial charge in [0, 0.05) is 12.3 Å². The highest BCUT2D eigenvalue weighted by atomic mass is 32.2. The number of benzene rings is 1. The minimum Gasteiger partial charge on any atom is -0.363 e. The molecular formula is C18H24F4O4S. The van der Waals surface area contributed by atoms with Crippen LogP contribution in [0.3, 0.4) is 0 Å². The fourth-order valence-electron chi connectivity index (χ4n) is 3.51. The van der Waals surface area contributed by atoms with E-state index in [1.54, 1.807) is 13.8 Å². The van der Waals surface area contributed by atoms with E-state index in [2.05, 4.69) is 0 Å². The molecule has 9 heteroatoms. The fraction of sp³-hybridized carbons (Fsp3) is 0.667. The quantitative estimate of drug-likeness (QED) is 0.719. The van der Waals surface area contributed by atoms with E-state index in [0.29, 0.717) is 6.42 Å². The van der Waals surface area contributed by atoms with Crippen LogP contribution in [0.5, 0.6) is 0 Å². The number of halogens is 4. The van der Waals surface area contributed by atoms with E-state index in [0.717, 1.165) is 12.5 Å². The van der Waals surface area contributed by atoms with Crippen molar-refractivity contribution in [1.82, 2.24) is 0 Å². The van der Waals surface area contributed by atoms with Crippen LogP contribution in [0.15, 0.2) is 29.2 Å². The molecule has 1 N–H and O–H groups in total. The van der Waals surface area contributed by atoms with Crippen molar-refractivity contribution in [2.24, 2.45) is 5.92 Å². The predicted molar refractivity (Wildman–Crippen MR) is 91.6 cm³/mol. The number of ether oxygens (including phenoxy) is 1. The summed E-state index contributed by atoms with van der Waals surface area (Å²) in [5.41, 5.74) is -3.41. The lowest BCUT2D eigenvalue weighted by Crippen LogP contribution is -2.61. The monoisotopic (exact) mass is 412 g/mol. The maximum atomic E-state index is 15.5. The number of alkyl halides is 4. The van der Waals surface area contributed by atoms with Gasteiger partial charge in [-0.1, -0.05) is 31.0 Å². The van der Waals surface area contributed by atoms with E-state index < -0.39 is 51.7 Å². The van der Waals surface area contributed by atoms with E-state index in [9.17, 15) is 26.7 Å². The number of aryl methyl sites for hydroxylation is 1. The molecular weight excluding hydrogens is 388 g/mol. The smallest absolute Gasteiger partial charge is 0.363 e. The van der Waals surface area contributed by atoms with Gasteiger partial charge in [0.25, 0.3) is 5.67 Å². The van der Waals surface area contributed by atoms with Crippen molar-refractivity contribution in [3.63, 3.8) is 0 Å². The zero-order chi connectivity index (χ0) is 20.7. The van der Waals surface area contributed by atoms with Crippen LogP contribution in [-0.4, -0.2) is 43.0 Å². The van der Waals surface area contributed by atoms with Crippen LogP contribution in [-0.2, 0) is 14.6 Å². The van der Waals surface area contributed by atoms with E-state index in [4.69, 9.17) is 4.74 Å². The van der Waals surface area contributed by atoms with Crippen LogP contribution < -0.4 is 0 Å². The number of unbranched alkanes of at least 4 members (excludes halogenated alkanes) is 1. The molecule has 1 aliphatic heterocycles. The zero-order valence-corrected chi connectivity index (χ0v) is 16.2. The molecule has 0 bridgehead atoms. The van der Waals surface area contributed by atoms with Gasteiger partial charge in [-0.15, -0.1) is 0 Å². The number of sulfone groups is 1. The Labute approximate surface area is 156 Å². The van der Waals surface area contributed by atoms with Crippen molar-refractivity contribution in [1.29, 1.82) is 0 Å². The van der Waals surface area contributed by atoms with Crippen LogP contribution >= 0.6 is 0 Å². The summed E-state index contributed by atoms with van der Waals surface area (Å²) in [5.74, 6) is -6.33. The minimum atomic E-state index is -5.49. The van der Waals surface area contributed by atoms with Crippen molar-refractivity contribution in [2.75, 3.05) is 5.75 Å². The van der Waals surface area contributed by atoms with Crippen molar-refractivity contribution >= 4 is 9.84 Å². The second-order valence-electron chi connectivity index (χ2n) is 7.12. The van der Waals surface area contributed by atoms with Gasteiger partial charge in [-0.25, -0.2) is 12.8 Å². The molecule has 0 radical (unpaired) electrons. The molecule has 2 rings (SSSR count). The molecule has 1 aromatic rings. The normalized spacial score (nSPS) is 32.0. The van der Waals surface area contributed by atoms with Gasteiger partial charge in [0.2, 0.25) is 5.79 Å². The number of aliphatic hydroxyl groups is 1. The predicted octanol–water partition coefficient (Wildman–Crippen LogP) is 3.95. The Kier molecular flexibility index (Phi) is 6.00. The fourth-order valence-corrected chi connectivity index (χ4v) is 5.22. The van der Waals surface area contributed by atoms with Crippen molar-refractivity contribution in [2.45, 2.75) is 68.7 Å².